The fourth-order valence-electron chi connectivity index (χ4n) is 7.27. The summed E-state index contributed by atoms with van der Waals surface area (Å²) in [7, 11) is 0. The van der Waals surface area contributed by atoms with E-state index in [4.69, 9.17) is 20.4 Å². The van der Waals surface area contributed by atoms with Gasteiger partial charge in [0.05, 0.1) is 6.61 Å². The largest absolute Gasteiger partial charge is 0.505 e. The standard InChI is InChI=1S/C34H70.C6H8O6/c1-6-11-16-21-22-24-29-33(28-23-17-12-7-2)34(30-25-18-13-8-3,31-26-19-14-9-4)32-27-20-15-10-5;7-1-2(8)5-3(9)4(10)6(11)12-5/h33H,6-32H2,1-5H3;2,5,7-10H,1H2/t;2-,5+/m.0/s1. The average molecular weight is 655 g/mol. The summed E-state index contributed by atoms with van der Waals surface area (Å²) >= 11 is 0. The highest BCUT2D eigenvalue weighted by Gasteiger charge is 2.39. The number of aliphatic hydroxyl groups excluding tert-OH is 4. The van der Waals surface area contributed by atoms with Crippen LogP contribution in [0.2, 0.25) is 0 Å². The summed E-state index contributed by atoms with van der Waals surface area (Å²) in [5, 5.41) is 35.0. The molecule has 274 valence electrons. The summed E-state index contributed by atoms with van der Waals surface area (Å²) in [5.74, 6) is -1.78. The SMILES string of the molecule is CCCCCCCCC(CCCCCC)C(CCCCCC)(CCCCCC)CCCCCC.O=C1O[C@H]([C@@H](O)CO)C(O)=C1O. The Morgan fingerprint density at radius 2 is 0.935 bits per heavy atom. The number of rotatable bonds is 30. The number of ether oxygens (including phenoxy) is 1. The molecule has 0 aromatic rings. The van der Waals surface area contributed by atoms with Gasteiger partial charge in [-0.1, -0.05) is 176 Å². The molecule has 0 saturated heterocycles. The van der Waals surface area contributed by atoms with Crippen LogP contribution < -0.4 is 0 Å². The first-order valence-electron chi connectivity index (χ1n) is 19.9. The highest BCUT2D eigenvalue weighted by Crippen LogP contribution is 2.48. The zero-order valence-corrected chi connectivity index (χ0v) is 31.1. The van der Waals surface area contributed by atoms with Crippen LogP contribution in [-0.2, 0) is 9.53 Å². The molecule has 0 saturated carbocycles. The minimum absolute atomic E-state index is 0.658. The van der Waals surface area contributed by atoms with Crippen LogP contribution in [0.25, 0.3) is 0 Å². The molecule has 1 aliphatic heterocycles. The average Bonchev–Trinajstić information content (AvgIpc) is 3.32. The molecule has 1 rings (SSSR count). The molecule has 0 aliphatic carbocycles. The number of esters is 1. The van der Waals surface area contributed by atoms with Crippen LogP contribution in [0.5, 0.6) is 0 Å². The van der Waals surface area contributed by atoms with Gasteiger partial charge in [0.25, 0.3) is 0 Å². The van der Waals surface area contributed by atoms with Gasteiger partial charge in [0.15, 0.2) is 11.9 Å². The second kappa shape index (κ2) is 29.8. The van der Waals surface area contributed by atoms with Crippen LogP contribution in [0, 0.1) is 11.3 Å². The lowest BCUT2D eigenvalue weighted by Gasteiger charge is -2.43. The van der Waals surface area contributed by atoms with Crippen LogP contribution in [0.4, 0.5) is 0 Å². The molecule has 4 N–H and O–H groups in total. The van der Waals surface area contributed by atoms with Gasteiger partial charge in [-0.15, -0.1) is 0 Å². The third-order valence-corrected chi connectivity index (χ3v) is 10.2. The predicted molar refractivity (Wildman–Crippen MR) is 194 cm³/mol. The van der Waals surface area contributed by atoms with Crippen molar-refractivity contribution >= 4 is 5.97 Å². The lowest BCUT2D eigenvalue weighted by molar-refractivity contribution is -0.147. The van der Waals surface area contributed by atoms with E-state index in [1.54, 1.807) is 19.3 Å². The van der Waals surface area contributed by atoms with Gasteiger partial charge in [-0.2, -0.15) is 0 Å². The quantitative estimate of drug-likeness (QED) is 0.0453. The molecule has 0 aromatic carbocycles. The summed E-state index contributed by atoms with van der Waals surface area (Å²) in [6, 6.07) is 0. The van der Waals surface area contributed by atoms with Gasteiger partial charge in [0.1, 0.15) is 6.10 Å². The van der Waals surface area contributed by atoms with Crippen molar-refractivity contribution in [2.75, 3.05) is 6.61 Å². The summed E-state index contributed by atoms with van der Waals surface area (Å²) in [6.45, 7) is 11.2. The number of hydrogen-bond donors (Lipinski definition) is 4. The molecule has 1 heterocycles. The van der Waals surface area contributed by atoms with Crippen molar-refractivity contribution in [3.63, 3.8) is 0 Å². The molecule has 0 amide bonds. The van der Waals surface area contributed by atoms with Crippen molar-refractivity contribution < 1.29 is 30.0 Å². The Kier molecular flexibility index (Phi) is 29.0. The van der Waals surface area contributed by atoms with Gasteiger partial charge in [-0.25, -0.2) is 4.79 Å². The first kappa shape index (κ1) is 44.7. The maximum Gasteiger partial charge on any atom is 0.377 e. The first-order chi connectivity index (χ1) is 22.3. The summed E-state index contributed by atoms with van der Waals surface area (Å²) in [6.07, 6.45) is 36.8. The lowest BCUT2D eigenvalue weighted by Crippen LogP contribution is -2.31. The Balaban J connectivity index is 0.00000140. The molecule has 46 heavy (non-hydrogen) atoms. The number of carbonyl (C=O) groups is 1. The van der Waals surface area contributed by atoms with Crippen LogP contribution in [0.3, 0.4) is 0 Å². The highest BCUT2D eigenvalue weighted by atomic mass is 16.6. The van der Waals surface area contributed by atoms with Gasteiger partial charge >= 0.3 is 5.97 Å². The van der Waals surface area contributed by atoms with E-state index in [0.717, 1.165) is 5.92 Å². The van der Waals surface area contributed by atoms with E-state index in [-0.39, 0.29) is 0 Å². The molecule has 6 nitrogen and oxygen atoms in total. The topological polar surface area (TPSA) is 107 Å². The van der Waals surface area contributed by atoms with Crippen LogP contribution in [0.15, 0.2) is 11.5 Å². The van der Waals surface area contributed by atoms with Crippen molar-refractivity contribution in [3.8, 4) is 0 Å². The molecule has 0 aromatic heterocycles. The molecule has 6 heteroatoms. The number of hydrogen-bond acceptors (Lipinski definition) is 6. The highest BCUT2D eigenvalue weighted by molar-refractivity contribution is 5.89. The summed E-state index contributed by atoms with van der Waals surface area (Å²) < 4.78 is 4.32. The van der Waals surface area contributed by atoms with Crippen molar-refractivity contribution in [1.82, 2.24) is 0 Å². The number of carbonyl (C=O) groups excluding carboxylic acids is 1. The molecular formula is C40H78O6. The Labute approximate surface area is 285 Å². The molecule has 3 atom stereocenters. The molecule has 0 fully saturated rings. The van der Waals surface area contributed by atoms with Gasteiger partial charge in [0, 0.05) is 0 Å². The third-order valence-electron chi connectivity index (χ3n) is 10.2. The number of unbranched alkanes of at least 4 members (excludes halogenated alkanes) is 17. The molecule has 0 bridgehead atoms. The minimum Gasteiger partial charge on any atom is -0.505 e. The van der Waals surface area contributed by atoms with E-state index in [9.17, 15) is 4.79 Å². The normalized spacial score (nSPS) is 16.3. The molecule has 0 radical (unpaired) electrons. The van der Waals surface area contributed by atoms with E-state index in [1.165, 1.54) is 154 Å². The summed E-state index contributed by atoms with van der Waals surface area (Å²) in [5.41, 5.74) is 0.658. The molecule has 1 unspecified atom stereocenters. The Morgan fingerprint density at radius 1 is 0.587 bits per heavy atom. The second-order valence-electron chi connectivity index (χ2n) is 14.2. The maximum absolute atomic E-state index is 10.5. The van der Waals surface area contributed by atoms with Crippen LogP contribution >= 0.6 is 0 Å². The third kappa shape index (κ3) is 19.5. The monoisotopic (exact) mass is 655 g/mol. The number of aliphatic hydroxyl groups is 4. The van der Waals surface area contributed by atoms with Crippen LogP contribution in [-0.4, -0.2) is 45.2 Å². The molecule has 1 aliphatic rings. The van der Waals surface area contributed by atoms with Gasteiger partial charge in [0.2, 0.25) is 5.76 Å². The zero-order chi connectivity index (χ0) is 34.5. The first-order valence-corrected chi connectivity index (χ1v) is 19.9. The van der Waals surface area contributed by atoms with E-state index < -0.39 is 36.3 Å². The van der Waals surface area contributed by atoms with E-state index in [1.807, 2.05) is 0 Å². The fourth-order valence-corrected chi connectivity index (χ4v) is 7.27. The fraction of sp³-hybridized carbons (Fsp3) is 0.925. The molecular weight excluding hydrogens is 576 g/mol. The Morgan fingerprint density at radius 3 is 1.28 bits per heavy atom. The Hall–Kier alpha value is -1.27. The summed E-state index contributed by atoms with van der Waals surface area (Å²) in [4.78, 5) is 10.5. The lowest BCUT2D eigenvalue weighted by atomic mass is 9.62. The minimum atomic E-state index is -1.42. The van der Waals surface area contributed by atoms with Crippen molar-refractivity contribution in [1.29, 1.82) is 0 Å². The van der Waals surface area contributed by atoms with Gasteiger partial charge < -0.3 is 25.2 Å². The van der Waals surface area contributed by atoms with Crippen molar-refractivity contribution in [3.05, 3.63) is 11.5 Å². The second-order valence-corrected chi connectivity index (χ2v) is 14.2. The zero-order valence-electron chi connectivity index (χ0n) is 31.1. The van der Waals surface area contributed by atoms with E-state index in [0.29, 0.717) is 5.41 Å². The van der Waals surface area contributed by atoms with E-state index >= 15 is 0 Å². The van der Waals surface area contributed by atoms with Crippen molar-refractivity contribution in [2.24, 2.45) is 11.3 Å². The van der Waals surface area contributed by atoms with Crippen LogP contribution in [0.1, 0.15) is 208 Å². The smallest absolute Gasteiger partial charge is 0.377 e. The van der Waals surface area contributed by atoms with E-state index in [2.05, 4.69) is 39.4 Å². The Bertz CT molecular complexity index is 704. The van der Waals surface area contributed by atoms with Crippen molar-refractivity contribution in [2.45, 2.75) is 220 Å². The number of cyclic esters (lactones) is 1. The molecule has 0 spiro atoms. The maximum atomic E-state index is 10.5. The predicted octanol–water partition coefficient (Wildman–Crippen LogP) is 11.8. The van der Waals surface area contributed by atoms with Gasteiger partial charge in [-0.05, 0) is 43.4 Å². The van der Waals surface area contributed by atoms with Gasteiger partial charge in [-0.3, -0.25) is 0 Å².